The molecule has 0 bridgehead atoms. The zero-order valence-corrected chi connectivity index (χ0v) is 17.4. The molecule has 0 saturated heterocycles. The quantitative estimate of drug-likeness (QED) is 0.434. The molecule has 1 aliphatic rings. The van der Waals surface area contributed by atoms with Crippen LogP contribution in [0.15, 0.2) is 47.6 Å². The van der Waals surface area contributed by atoms with Gasteiger partial charge in [0.05, 0.1) is 5.69 Å². The molecule has 1 heterocycles. The third-order valence-electron chi connectivity index (χ3n) is 5.39. The van der Waals surface area contributed by atoms with E-state index < -0.39 is 0 Å². The molecule has 1 aromatic heterocycles. The van der Waals surface area contributed by atoms with Crippen molar-refractivity contribution in [2.45, 2.75) is 55.9 Å². The summed E-state index contributed by atoms with van der Waals surface area (Å²) in [5.74, 6) is 1.58. The van der Waals surface area contributed by atoms with E-state index in [1.54, 1.807) is 12.1 Å². The Balaban J connectivity index is 1.71. The van der Waals surface area contributed by atoms with E-state index in [0.29, 0.717) is 22.3 Å². The van der Waals surface area contributed by atoms with Crippen LogP contribution in [0.4, 0.5) is 4.39 Å². The van der Waals surface area contributed by atoms with Gasteiger partial charge in [-0.05, 0) is 43.5 Å². The lowest BCUT2D eigenvalue weighted by atomic mass is 9.88. The molecule has 0 atom stereocenters. The molecule has 3 nitrogen and oxygen atoms in total. The fourth-order valence-electron chi connectivity index (χ4n) is 3.85. The van der Waals surface area contributed by atoms with Crippen molar-refractivity contribution in [2.75, 3.05) is 0 Å². The van der Waals surface area contributed by atoms with Crippen LogP contribution in [0, 0.1) is 12.7 Å². The lowest BCUT2D eigenvalue weighted by Gasteiger charge is -2.22. The minimum atomic E-state index is -0.283. The van der Waals surface area contributed by atoms with Gasteiger partial charge in [-0.1, -0.05) is 66.9 Å². The molecule has 3 aromatic rings. The van der Waals surface area contributed by atoms with Crippen LogP contribution in [0.2, 0.25) is 5.02 Å². The first-order chi connectivity index (χ1) is 13.6. The van der Waals surface area contributed by atoms with Crippen molar-refractivity contribution in [1.29, 1.82) is 0 Å². The van der Waals surface area contributed by atoms with Gasteiger partial charge in [0.15, 0.2) is 5.16 Å². The lowest BCUT2D eigenvalue weighted by Crippen LogP contribution is -2.12. The van der Waals surface area contributed by atoms with Gasteiger partial charge in [-0.2, -0.15) is 0 Å². The molecule has 4 rings (SSSR count). The van der Waals surface area contributed by atoms with Gasteiger partial charge in [-0.15, -0.1) is 10.2 Å². The Bertz CT molecular complexity index is 946. The van der Waals surface area contributed by atoms with Crippen LogP contribution in [0.3, 0.4) is 0 Å². The van der Waals surface area contributed by atoms with Crippen LogP contribution < -0.4 is 0 Å². The average molecular weight is 416 g/mol. The summed E-state index contributed by atoms with van der Waals surface area (Å²) in [6.07, 6.45) is 6.06. The Kier molecular flexibility index (Phi) is 6.02. The fourth-order valence-corrected chi connectivity index (χ4v) is 5.14. The van der Waals surface area contributed by atoms with Crippen molar-refractivity contribution >= 4 is 23.4 Å². The maximum atomic E-state index is 14.2. The van der Waals surface area contributed by atoms with E-state index >= 15 is 0 Å². The summed E-state index contributed by atoms with van der Waals surface area (Å²) in [6.45, 7) is 2.10. The Hall–Kier alpha value is -1.85. The summed E-state index contributed by atoms with van der Waals surface area (Å²) >= 11 is 7.69. The van der Waals surface area contributed by atoms with Gasteiger partial charge in [-0.25, -0.2) is 4.39 Å². The second-order valence-corrected chi connectivity index (χ2v) is 8.64. The first-order valence-corrected chi connectivity index (χ1v) is 11.1. The van der Waals surface area contributed by atoms with E-state index in [0.717, 1.165) is 29.5 Å². The number of halogens is 2. The minimum Gasteiger partial charge on any atom is -0.274 e. The normalized spacial score (nSPS) is 15.1. The van der Waals surface area contributed by atoms with Crippen molar-refractivity contribution in [3.05, 3.63) is 70.3 Å². The maximum Gasteiger partial charge on any atom is 0.196 e. The fraction of sp³-hybridized carbons (Fsp3) is 0.364. The van der Waals surface area contributed by atoms with Gasteiger partial charge in [0.1, 0.15) is 11.6 Å². The van der Waals surface area contributed by atoms with Crippen LogP contribution in [0.5, 0.6) is 0 Å². The van der Waals surface area contributed by atoms with E-state index in [2.05, 4.69) is 33.8 Å². The summed E-state index contributed by atoms with van der Waals surface area (Å²) in [5, 5.41) is 10.3. The molecule has 1 fully saturated rings. The van der Waals surface area contributed by atoms with Crippen LogP contribution in [0.25, 0.3) is 5.69 Å². The SMILES string of the molecule is Cc1ccccc1-n1c(SCc2c(F)cccc2Cl)nnc1C1CCCCC1. The largest absolute Gasteiger partial charge is 0.274 e. The number of benzene rings is 2. The summed E-state index contributed by atoms with van der Waals surface area (Å²) in [4.78, 5) is 0. The van der Waals surface area contributed by atoms with Gasteiger partial charge in [-0.3, -0.25) is 4.57 Å². The van der Waals surface area contributed by atoms with Crippen LogP contribution in [0.1, 0.15) is 55.0 Å². The number of para-hydroxylation sites is 1. The molecule has 0 amide bonds. The Labute approximate surface area is 174 Å². The van der Waals surface area contributed by atoms with Crippen LogP contribution in [-0.2, 0) is 5.75 Å². The molecule has 2 aromatic carbocycles. The van der Waals surface area contributed by atoms with E-state index in [4.69, 9.17) is 11.6 Å². The highest BCUT2D eigenvalue weighted by Gasteiger charge is 2.25. The summed E-state index contributed by atoms with van der Waals surface area (Å²) in [6, 6.07) is 13.1. The number of aromatic nitrogens is 3. The second kappa shape index (κ2) is 8.66. The van der Waals surface area contributed by atoms with Gasteiger partial charge in [0.25, 0.3) is 0 Å². The van der Waals surface area contributed by atoms with Crippen molar-refractivity contribution in [3.8, 4) is 5.69 Å². The number of hydrogen-bond donors (Lipinski definition) is 0. The van der Waals surface area contributed by atoms with E-state index in [1.807, 2.05) is 12.1 Å². The molecule has 0 radical (unpaired) electrons. The third kappa shape index (κ3) is 3.96. The highest BCUT2D eigenvalue weighted by atomic mass is 35.5. The molecule has 0 N–H and O–H groups in total. The second-order valence-electron chi connectivity index (χ2n) is 7.29. The summed E-state index contributed by atoms with van der Waals surface area (Å²) in [5.41, 5.74) is 2.77. The molecule has 6 heteroatoms. The predicted octanol–water partition coefficient (Wildman–Crippen LogP) is 6.71. The Morgan fingerprint density at radius 3 is 2.61 bits per heavy atom. The summed E-state index contributed by atoms with van der Waals surface area (Å²) in [7, 11) is 0. The van der Waals surface area contributed by atoms with Crippen LogP contribution >= 0.6 is 23.4 Å². The van der Waals surface area contributed by atoms with Crippen LogP contribution in [-0.4, -0.2) is 14.8 Å². The minimum absolute atomic E-state index is 0.283. The number of rotatable bonds is 5. The first kappa shape index (κ1) is 19.5. The van der Waals surface area contributed by atoms with Crippen molar-refractivity contribution in [1.82, 2.24) is 14.8 Å². The average Bonchev–Trinajstić information content (AvgIpc) is 3.12. The monoisotopic (exact) mass is 415 g/mol. The van der Waals surface area contributed by atoms with Gasteiger partial charge in [0, 0.05) is 22.3 Å². The highest BCUT2D eigenvalue weighted by Crippen LogP contribution is 2.36. The zero-order valence-electron chi connectivity index (χ0n) is 15.9. The molecule has 1 saturated carbocycles. The smallest absolute Gasteiger partial charge is 0.196 e. The van der Waals surface area contributed by atoms with Gasteiger partial charge >= 0.3 is 0 Å². The molecule has 0 aliphatic heterocycles. The highest BCUT2D eigenvalue weighted by molar-refractivity contribution is 7.98. The molecule has 146 valence electrons. The Morgan fingerprint density at radius 1 is 1.07 bits per heavy atom. The molecule has 1 aliphatic carbocycles. The lowest BCUT2D eigenvalue weighted by molar-refractivity contribution is 0.423. The van der Waals surface area contributed by atoms with Crippen molar-refractivity contribution < 1.29 is 4.39 Å². The molecular weight excluding hydrogens is 393 g/mol. The molecule has 28 heavy (non-hydrogen) atoms. The third-order valence-corrected chi connectivity index (χ3v) is 6.70. The number of thioether (sulfide) groups is 1. The topological polar surface area (TPSA) is 30.7 Å². The predicted molar refractivity (Wildman–Crippen MR) is 113 cm³/mol. The standard InChI is InChI=1S/C22H23ClFN3S/c1-15-8-5-6-13-20(15)27-21(16-9-3-2-4-10-16)25-26-22(27)28-14-17-18(23)11-7-12-19(17)24/h5-8,11-13,16H,2-4,9-10,14H2,1H3. The maximum absolute atomic E-state index is 14.2. The van der Waals surface area contributed by atoms with E-state index in [1.165, 1.54) is 42.7 Å². The number of hydrogen-bond acceptors (Lipinski definition) is 3. The van der Waals surface area contributed by atoms with Crippen molar-refractivity contribution in [2.24, 2.45) is 0 Å². The zero-order chi connectivity index (χ0) is 19.5. The van der Waals surface area contributed by atoms with Gasteiger partial charge in [0.2, 0.25) is 0 Å². The first-order valence-electron chi connectivity index (χ1n) is 9.72. The summed E-state index contributed by atoms with van der Waals surface area (Å²) < 4.78 is 16.4. The molecule has 0 unspecified atom stereocenters. The van der Waals surface area contributed by atoms with Gasteiger partial charge < -0.3 is 0 Å². The van der Waals surface area contributed by atoms with E-state index in [9.17, 15) is 4.39 Å². The Morgan fingerprint density at radius 2 is 1.86 bits per heavy atom. The molecule has 0 spiro atoms. The number of aryl methyl sites for hydroxylation is 1. The van der Waals surface area contributed by atoms with Crippen molar-refractivity contribution in [3.63, 3.8) is 0 Å². The number of nitrogens with zero attached hydrogens (tertiary/aromatic N) is 3. The molecular formula is C22H23ClFN3S. The van der Waals surface area contributed by atoms with E-state index in [-0.39, 0.29) is 5.82 Å².